The lowest BCUT2D eigenvalue weighted by molar-refractivity contribution is -0.0805. The fraction of sp³-hybridized carbons (Fsp3) is 0.333. The summed E-state index contributed by atoms with van der Waals surface area (Å²) in [5, 5.41) is 9.15. The minimum atomic E-state index is -3.36. The number of hydrogen-bond acceptors (Lipinski definition) is 2. The first-order chi connectivity index (χ1) is 5.97. The van der Waals surface area contributed by atoms with Crippen molar-refractivity contribution in [1.82, 2.24) is 0 Å². The molecule has 0 fully saturated rings. The quantitative estimate of drug-likeness (QED) is 0.739. The van der Waals surface area contributed by atoms with Crippen LogP contribution >= 0.6 is 0 Å². The van der Waals surface area contributed by atoms with Gasteiger partial charge in [-0.25, -0.2) is 0 Å². The molecule has 0 aliphatic carbocycles. The second-order valence-corrected chi connectivity index (χ2v) is 2.73. The average Bonchev–Trinajstić information content (AvgIpc) is 2.50. The molecule has 1 unspecified atom stereocenters. The highest BCUT2D eigenvalue weighted by molar-refractivity contribution is 5.12. The Labute approximate surface area is 74.5 Å². The molecule has 0 spiro atoms. The van der Waals surface area contributed by atoms with Crippen LogP contribution in [-0.2, 0) is 0 Å². The van der Waals surface area contributed by atoms with Crippen molar-refractivity contribution in [2.45, 2.75) is 19.0 Å². The lowest BCUT2D eigenvalue weighted by atomic mass is 10.1. The van der Waals surface area contributed by atoms with Crippen LogP contribution in [0.3, 0.4) is 0 Å². The van der Waals surface area contributed by atoms with Crippen LogP contribution < -0.4 is 0 Å². The van der Waals surface area contributed by atoms with Crippen LogP contribution in [0.25, 0.3) is 0 Å². The Balaban J connectivity index is 2.90. The van der Waals surface area contributed by atoms with Crippen LogP contribution in [0.2, 0.25) is 0 Å². The molecular weight excluding hydrogens is 178 g/mol. The van der Waals surface area contributed by atoms with Crippen LogP contribution in [0.4, 0.5) is 8.78 Å². The number of halogens is 2. The summed E-state index contributed by atoms with van der Waals surface area (Å²) in [6.45, 7) is 4.55. The van der Waals surface area contributed by atoms with E-state index in [1.807, 2.05) is 0 Å². The summed E-state index contributed by atoms with van der Waals surface area (Å²) in [5.74, 6) is -3.03. The Kier molecular flexibility index (Phi) is 2.52. The summed E-state index contributed by atoms with van der Waals surface area (Å²) in [6.07, 6.45) is -1.56. The Hall–Kier alpha value is -1.16. The highest BCUT2D eigenvalue weighted by Crippen LogP contribution is 2.32. The minimum absolute atomic E-state index is 0.151. The van der Waals surface area contributed by atoms with Gasteiger partial charge in [-0.2, -0.15) is 8.78 Å². The third-order valence-electron chi connectivity index (χ3n) is 1.67. The molecule has 0 aliphatic rings. The largest absolute Gasteiger partial charge is 0.463 e. The number of aliphatic hydroxyl groups is 1. The Morgan fingerprint density at radius 1 is 1.62 bits per heavy atom. The van der Waals surface area contributed by atoms with E-state index in [1.165, 1.54) is 12.1 Å². The Morgan fingerprint density at radius 3 is 2.62 bits per heavy atom. The minimum Gasteiger partial charge on any atom is -0.463 e. The van der Waals surface area contributed by atoms with Gasteiger partial charge >= 0.3 is 0 Å². The summed E-state index contributed by atoms with van der Waals surface area (Å²) in [7, 11) is 0. The van der Waals surface area contributed by atoms with Crippen molar-refractivity contribution in [3.8, 4) is 0 Å². The predicted molar refractivity (Wildman–Crippen MR) is 43.5 cm³/mol. The van der Waals surface area contributed by atoms with Crippen molar-refractivity contribution in [3.63, 3.8) is 0 Å². The summed E-state index contributed by atoms with van der Waals surface area (Å²) < 4.78 is 30.5. The summed E-state index contributed by atoms with van der Waals surface area (Å²) >= 11 is 0. The first kappa shape index (κ1) is 9.92. The third kappa shape index (κ3) is 1.95. The first-order valence-electron chi connectivity index (χ1n) is 3.73. The van der Waals surface area contributed by atoms with Gasteiger partial charge in [-0.3, -0.25) is 0 Å². The number of hydrogen-bond donors (Lipinski definition) is 1. The highest BCUT2D eigenvalue weighted by Gasteiger charge is 2.37. The van der Waals surface area contributed by atoms with Crippen molar-refractivity contribution >= 4 is 0 Å². The van der Waals surface area contributed by atoms with E-state index in [2.05, 4.69) is 6.58 Å². The zero-order valence-corrected chi connectivity index (χ0v) is 7.13. The van der Waals surface area contributed by atoms with Crippen LogP contribution in [0, 0.1) is 6.92 Å². The van der Waals surface area contributed by atoms with Gasteiger partial charge in [0.25, 0.3) is 5.92 Å². The molecule has 13 heavy (non-hydrogen) atoms. The molecule has 4 heteroatoms. The lowest BCUT2D eigenvalue weighted by Crippen LogP contribution is -2.22. The van der Waals surface area contributed by atoms with E-state index >= 15 is 0 Å². The molecular formula is C9H10F2O2. The Morgan fingerprint density at radius 2 is 2.23 bits per heavy atom. The van der Waals surface area contributed by atoms with Gasteiger partial charge < -0.3 is 9.52 Å². The van der Waals surface area contributed by atoms with E-state index < -0.39 is 12.0 Å². The van der Waals surface area contributed by atoms with Crippen LogP contribution in [0.5, 0.6) is 0 Å². The number of aliphatic hydroxyl groups excluding tert-OH is 1. The van der Waals surface area contributed by atoms with Crippen molar-refractivity contribution in [2.24, 2.45) is 0 Å². The molecule has 72 valence electrons. The van der Waals surface area contributed by atoms with Crippen molar-refractivity contribution in [3.05, 3.63) is 36.3 Å². The average molecular weight is 188 g/mol. The number of rotatable bonds is 3. The van der Waals surface area contributed by atoms with Gasteiger partial charge in [0.15, 0.2) is 6.10 Å². The monoisotopic (exact) mass is 188 g/mol. The fourth-order valence-corrected chi connectivity index (χ4v) is 0.902. The zero-order valence-electron chi connectivity index (χ0n) is 7.13. The Bertz CT molecular complexity index is 304. The maximum Gasteiger partial charge on any atom is 0.298 e. The SMILES string of the molecule is C=CC(F)(F)C(O)c1ccc(C)o1. The number of furan rings is 1. The van der Waals surface area contributed by atoms with Crippen LogP contribution in [0.15, 0.2) is 29.2 Å². The molecule has 0 amide bonds. The topological polar surface area (TPSA) is 33.4 Å². The van der Waals surface area contributed by atoms with E-state index in [4.69, 9.17) is 9.52 Å². The van der Waals surface area contributed by atoms with E-state index in [1.54, 1.807) is 6.92 Å². The maximum atomic E-state index is 12.8. The normalized spacial score (nSPS) is 14.2. The second kappa shape index (κ2) is 3.30. The van der Waals surface area contributed by atoms with Gasteiger partial charge in [0.2, 0.25) is 0 Å². The molecule has 0 radical (unpaired) electrons. The lowest BCUT2D eigenvalue weighted by Gasteiger charge is -2.16. The van der Waals surface area contributed by atoms with Crippen molar-refractivity contribution in [2.75, 3.05) is 0 Å². The smallest absolute Gasteiger partial charge is 0.298 e. The molecule has 0 bridgehead atoms. The number of alkyl halides is 2. The second-order valence-electron chi connectivity index (χ2n) is 2.73. The van der Waals surface area contributed by atoms with E-state index in [9.17, 15) is 8.78 Å². The van der Waals surface area contributed by atoms with Gasteiger partial charge in [-0.15, -0.1) is 0 Å². The van der Waals surface area contributed by atoms with Crippen LogP contribution in [-0.4, -0.2) is 11.0 Å². The summed E-state index contributed by atoms with van der Waals surface area (Å²) in [5.41, 5.74) is 0. The van der Waals surface area contributed by atoms with Crippen molar-refractivity contribution in [1.29, 1.82) is 0 Å². The molecule has 1 aromatic heterocycles. The molecule has 1 aromatic rings. The highest BCUT2D eigenvalue weighted by atomic mass is 19.3. The molecule has 1 N–H and O–H groups in total. The molecule has 1 heterocycles. The molecule has 0 saturated carbocycles. The maximum absolute atomic E-state index is 12.8. The number of aryl methyl sites for hydroxylation is 1. The van der Waals surface area contributed by atoms with Crippen LogP contribution in [0.1, 0.15) is 17.6 Å². The van der Waals surface area contributed by atoms with Gasteiger partial charge in [-0.05, 0) is 25.1 Å². The molecule has 2 nitrogen and oxygen atoms in total. The molecule has 0 aromatic carbocycles. The van der Waals surface area contributed by atoms with Gasteiger partial charge in [-0.1, -0.05) is 6.58 Å². The molecule has 1 rings (SSSR count). The van der Waals surface area contributed by atoms with E-state index in [-0.39, 0.29) is 5.76 Å². The molecule has 1 atom stereocenters. The fourth-order valence-electron chi connectivity index (χ4n) is 0.902. The van der Waals surface area contributed by atoms with Gasteiger partial charge in [0.05, 0.1) is 0 Å². The van der Waals surface area contributed by atoms with E-state index in [0.29, 0.717) is 11.8 Å². The first-order valence-corrected chi connectivity index (χ1v) is 3.73. The van der Waals surface area contributed by atoms with E-state index in [0.717, 1.165) is 0 Å². The summed E-state index contributed by atoms with van der Waals surface area (Å²) in [6, 6.07) is 2.83. The van der Waals surface area contributed by atoms with Gasteiger partial charge in [0, 0.05) is 0 Å². The van der Waals surface area contributed by atoms with Gasteiger partial charge in [0.1, 0.15) is 11.5 Å². The molecule has 0 aliphatic heterocycles. The predicted octanol–water partition coefficient (Wildman–Crippen LogP) is 2.44. The van der Waals surface area contributed by atoms with Crippen molar-refractivity contribution < 1.29 is 18.3 Å². The summed E-state index contributed by atoms with van der Waals surface area (Å²) in [4.78, 5) is 0. The zero-order chi connectivity index (χ0) is 10.1. The molecule has 0 saturated heterocycles. The standard InChI is InChI=1S/C9H10F2O2/c1-3-9(10,11)8(12)7-5-4-6(2)13-7/h3-5,8,12H,1H2,2H3. The third-order valence-corrected chi connectivity index (χ3v) is 1.67.